The summed E-state index contributed by atoms with van der Waals surface area (Å²) in [4.78, 5) is 33.4. The molecule has 1 aliphatic heterocycles. The van der Waals surface area contributed by atoms with Gasteiger partial charge in [-0.3, -0.25) is 9.59 Å². The van der Waals surface area contributed by atoms with Crippen LogP contribution in [0.4, 0.5) is 5.69 Å². The van der Waals surface area contributed by atoms with E-state index >= 15 is 0 Å². The molecule has 2 amide bonds. The van der Waals surface area contributed by atoms with Gasteiger partial charge in [-0.15, -0.1) is 11.3 Å². The minimum atomic E-state index is -0.167. The summed E-state index contributed by atoms with van der Waals surface area (Å²) in [5, 5.41) is 5.80. The summed E-state index contributed by atoms with van der Waals surface area (Å²) in [7, 11) is 0. The zero-order valence-electron chi connectivity index (χ0n) is 15.6. The SMILES string of the molecule is O=C(NC1CCCC1)c1nc(C(=O)N2CCN(c3ccccc3Cl)CC2)cs1. The number of nitrogens with one attached hydrogen (secondary N) is 1. The van der Waals surface area contributed by atoms with Crippen LogP contribution in [0.1, 0.15) is 46.0 Å². The molecular formula is C20H23ClN4O2S. The lowest BCUT2D eigenvalue weighted by molar-refractivity contribution is 0.0741. The van der Waals surface area contributed by atoms with E-state index in [0.29, 0.717) is 36.9 Å². The first-order valence-corrected chi connectivity index (χ1v) is 10.9. The molecule has 2 aliphatic rings. The molecule has 1 saturated heterocycles. The molecule has 0 bridgehead atoms. The zero-order valence-corrected chi connectivity index (χ0v) is 17.1. The van der Waals surface area contributed by atoms with Gasteiger partial charge in [-0.1, -0.05) is 36.6 Å². The van der Waals surface area contributed by atoms with E-state index in [1.807, 2.05) is 24.3 Å². The molecule has 0 radical (unpaired) electrons. The molecule has 0 spiro atoms. The van der Waals surface area contributed by atoms with Crippen LogP contribution in [-0.4, -0.2) is 53.9 Å². The maximum Gasteiger partial charge on any atom is 0.280 e. The van der Waals surface area contributed by atoms with Gasteiger partial charge in [0, 0.05) is 37.6 Å². The number of piperazine rings is 1. The Balaban J connectivity index is 1.35. The molecule has 2 heterocycles. The summed E-state index contributed by atoms with van der Waals surface area (Å²) in [6.45, 7) is 2.64. The molecule has 4 rings (SSSR count). The Morgan fingerprint density at radius 1 is 1.11 bits per heavy atom. The number of benzene rings is 1. The summed E-state index contributed by atoms with van der Waals surface area (Å²) in [6.07, 6.45) is 4.37. The third kappa shape index (κ3) is 4.15. The fourth-order valence-electron chi connectivity index (χ4n) is 3.81. The van der Waals surface area contributed by atoms with Gasteiger partial charge in [0.05, 0.1) is 10.7 Å². The standard InChI is InChI=1S/C20H23ClN4O2S/c21-15-7-3-4-8-17(15)24-9-11-25(12-10-24)20(27)16-13-28-19(23-16)18(26)22-14-5-1-2-6-14/h3-4,7-8,13-14H,1-2,5-6,9-12H2,(H,22,26). The molecule has 2 aromatic rings. The second kappa shape index (κ2) is 8.49. The quantitative estimate of drug-likeness (QED) is 0.826. The Kier molecular flexibility index (Phi) is 5.82. The van der Waals surface area contributed by atoms with E-state index in [1.165, 1.54) is 11.3 Å². The van der Waals surface area contributed by atoms with Crippen molar-refractivity contribution >= 4 is 40.4 Å². The molecule has 28 heavy (non-hydrogen) atoms. The molecule has 0 atom stereocenters. The number of nitrogens with zero attached hydrogens (tertiary/aromatic N) is 3. The number of halogens is 1. The van der Waals surface area contributed by atoms with Crippen molar-refractivity contribution in [1.82, 2.24) is 15.2 Å². The van der Waals surface area contributed by atoms with Crippen molar-refractivity contribution in [2.75, 3.05) is 31.1 Å². The summed E-state index contributed by atoms with van der Waals surface area (Å²) in [5.74, 6) is -0.283. The Labute approximate surface area is 173 Å². The summed E-state index contributed by atoms with van der Waals surface area (Å²) >= 11 is 7.51. The molecule has 8 heteroatoms. The van der Waals surface area contributed by atoms with Crippen molar-refractivity contribution in [1.29, 1.82) is 0 Å². The lowest BCUT2D eigenvalue weighted by atomic mass is 10.2. The Bertz CT molecular complexity index is 857. The van der Waals surface area contributed by atoms with Gasteiger partial charge >= 0.3 is 0 Å². The van der Waals surface area contributed by atoms with Crippen LogP contribution in [0.5, 0.6) is 0 Å². The van der Waals surface area contributed by atoms with Gasteiger partial charge < -0.3 is 15.1 Å². The molecular weight excluding hydrogens is 396 g/mol. The molecule has 1 aromatic heterocycles. The number of anilines is 1. The lowest BCUT2D eigenvalue weighted by Gasteiger charge is -2.36. The number of hydrogen-bond acceptors (Lipinski definition) is 5. The van der Waals surface area contributed by atoms with Gasteiger partial charge in [0.1, 0.15) is 5.69 Å². The van der Waals surface area contributed by atoms with Gasteiger partial charge in [0.25, 0.3) is 11.8 Å². The number of carbonyl (C=O) groups excluding carboxylic acids is 2. The van der Waals surface area contributed by atoms with Crippen LogP contribution in [0.15, 0.2) is 29.6 Å². The fourth-order valence-corrected chi connectivity index (χ4v) is 4.76. The molecule has 1 saturated carbocycles. The van der Waals surface area contributed by atoms with Gasteiger partial charge in [0.2, 0.25) is 0 Å². The molecule has 1 aromatic carbocycles. The maximum atomic E-state index is 12.8. The number of amides is 2. The minimum Gasteiger partial charge on any atom is -0.367 e. The molecule has 6 nitrogen and oxygen atoms in total. The average Bonchev–Trinajstić information content (AvgIpc) is 3.40. The van der Waals surface area contributed by atoms with Crippen molar-refractivity contribution in [3.05, 3.63) is 45.4 Å². The van der Waals surface area contributed by atoms with E-state index < -0.39 is 0 Å². The van der Waals surface area contributed by atoms with Crippen LogP contribution in [0, 0.1) is 0 Å². The highest BCUT2D eigenvalue weighted by Crippen LogP contribution is 2.26. The lowest BCUT2D eigenvalue weighted by Crippen LogP contribution is -2.49. The van der Waals surface area contributed by atoms with Crippen molar-refractivity contribution in [3.8, 4) is 0 Å². The molecule has 2 fully saturated rings. The Morgan fingerprint density at radius 3 is 2.54 bits per heavy atom. The van der Waals surface area contributed by atoms with E-state index in [2.05, 4.69) is 15.2 Å². The first-order chi connectivity index (χ1) is 13.6. The highest BCUT2D eigenvalue weighted by atomic mass is 35.5. The third-order valence-electron chi connectivity index (χ3n) is 5.37. The van der Waals surface area contributed by atoms with E-state index in [-0.39, 0.29) is 17.9 Å². The molecule has 0 unspecified atom stereocenters. The van der Waals surface area contributed by atoms with Crippen LogP contribution < -0.4 is 10.2 Å². The third-order valence-corrected chi connectivity index (χ3v) is 6.53. The van der Waals surface area contributed by atoms with Gasteiger partial charge in [-0.25, -0.2) is 4.98 Å². The average molecular weight is 419 g/mol. The number of thiazole rings is 1. The fraction of sp³-hybridized carbons (Fsp3) is 0.450. The first-order valence-electron chi connectivity index (χ1n) is 9.67. The zero-order chi connectivity index (χ0) is 19.5. The second-order valence-electron chi connectivity index (χ2n) is 7.22. The van der Waals surface area contributed by atoms with Gasteiger partial charge in [-0.05, 0) is 25.0 Å². The number of carbonyl (C=O) groups is 2. The number of hydrogen-bond donors (Lipinski definition) is 1. The number of aromatic nitrogens is 1. The van der Waals surface area contributed by atoms with Crippen LogP contribution in [-0.2, 0) is 0 Å². The van der Waals surface area contributed by atoms with Crippen molar-refractivity contribution in [2.24, 2.45) is 0 Å². The van der Waals surface area contributed by atoms with Crippen molar-refractivity contribution < 1.29 is 9.59 Å². The molecule has 1 N–H and O–H groups in total. The van der Waals surface area contributed by atoms with Crippen LogP contribution in [0.3, 0.4) is 0 Å². The normalized spacial score (nSPS) is 17.8. The molecule has 148 valence electrons. The van der Waals surface area contributed by atoms with Crippen molar-refractivity contribution in [2.45, 2.75) is 31.7 Å². The predicted octanol–water partition coefficient (Wildman–Crippen LogP) is 3.43. The van der Waals surface area contributed by atoms with Crippen LogP contribution >= 0.6 is 22.9 Å². The smallest absolute Gasteiger partial charge is 0.280 e. The largest absolute Gasteiger partial charge is 0.367 e. The maximum absolute atomic E-state index is 12.8. The van der Waals surface area contributed by atoms with Crippen LogP contribution in [0.2, 0.25) is 5.02 Å². The summed E-state index contributed by atoms with van der Waals surface area (Å²) in [6, 6.07) is 7.99. The van der Waals surface area contributed by atoms with E-state index in [9.17, 15) is 9.59 Å². The van der Waals surface area contributed by atoms with E-state index in [4.69, 9.17) is 11.6 Å². The van der Waals surface area contributed by atoms with Crippen LogP contribution in [0.25, 0.3) is 0 Å². The summed E-state index contributed by atoms with van der Waals surface area (Å²) in [5.41, 5.74) is 1.35. The van der Waals surface area contributed by atoms with Gasteiger partial charge in [0.15, 0.2) is 5.01 Å². The Hall–Kier alpha value is -2.12. The number of rotatable bonds is 4. The number of para-hydroxylation sites is 1. The Morgan fingerprint density at radius 2 is 1.82 bits per heavy atom. The summed E-state index contributed by atoms with van der Waals surface area (Å²) < 4.78 is 0. The highest BCUT2D eigenvalue weighted by Gasteiger charge is 2.26. The van der Waals surface area contributed by atoms with E-state index in [0.717, 1.165) is 36.4 Å². The minimum absolute atomic E-state index is 0.116. The van der Waals surface area contributed by atoms with E-state index in [1.54, 1.807) is 10.3 Å². The first kappa shape index (κ1) is 19.2. The topological polar surface area (TPSA) is 65.5 Å². The second-order valence-corrected chi connectivity index (χ2v) is 8.49. The molecule has 1 aliphatic carbocycles. The highest BCUT2D eigenvalue weighted by molar-refractivity contribution is 7.11. The monoisotopic (exact) mass is 418 g/mol. The predicted molar refractivity (Wildman–Crippen MR) is 111 cm³/mol. The van der Waals surface area contributed by atoms with Gasteiger partial charge in [-0.2, -0.15) is 0 Å². The van der Waals surface area contributed by atoms with Crippen molar-refractivity contribution in [3.63, 3.8) is 0 Å².